The quantitative estimate of drug-likeness (QED) is 0.844. The molecule has 1 aliphatic heterocycles. The fourth-order valence-electron chi connectivity index (χ4n) is 1.84. The summed E-state index contributed by atoms with van der Waals surface area (Å²) in [6, 6.07) is 6.94. The van der Waals surface area contributed by atoms with E-state index in [-0.39, 0.29) is 0 Å². The summed E-state index contributed by atoms with van der Waals surface area (Å²) in [6.45, 7) is 3.29. The van der Waals surface area contributed by atoms with Crippen LogP contribution in [0.25, 0.3) is 0 Å². The summed E-state index contributed by atoms with van der Waals surface area (Å²) in [6.07, 6.45) is 0. The first-order valence-electron chi connectivity index (χ1n) is 5.49. The molecule has 4 nitrogen and oxygen atoms in total. The van der Waals surface area contributed by atoms with Gasteiger partial charge in [-0.15, -0.1) is 0 Å². The lowest BCUT2D eigenvalue weighted by Crippen LogP contribution is -2.37. The molecule has 1 fully saturated rings. The van der Waals surface area contributed by atoms with Gasteiger partial charge in [0.1, 0.15) is 0 Å². The smallest absolute Gasteiger partial charge is 0.239 e. The molecule has 0 amide bonds. The lowest BCUT2D eigenvalue weighted by molar-refractivity contribution is 0.581. The van der Waals surface area contributed by atoms with Crippen molar-refractivity contribution in [3.8, 4) is 0 Å². The molecule has 0 saturated carbocycles. The Balaban J connectivity index is 2.42. The van der Waals surface area contributed by atoms with E-state index in [0.29, 0.717) is 30.3 Å². The number of nitrogens with zero attached hydrogens (tertiary/aromatic N) is 1. The van der Waals surface area contributed by atoms with Crippen LogP contribution in [0.15, 0.2) is 24.3 Å². The van der Waals surface area contributed by atoms with Gasteiger partial charge < -0.3 is 5.32 Å². The van der Waals surface area contributed by atoms with Crippen LogP contribution in [-0.4, -0.2) is 33.3 Å². The van der Waals surface area contributed by atoms with Crippen molar-refractivity contribution < 1.29 is 8.42 Å². The maximum atomic E-state index is 12.3. The molecule has 1 unspecified atom stereocenters. The third-order valence-electron chi connectivity index (χ3n) is 2.84. The molecule has 0 radical (unpaired) electrons. The van der Waals surface area contributed by atoms with Crippen LogP contribution >= 0.6 is 11.6 Å². The Hall–Kier alpha value is -0.780. The predicted octanol–water partition coefficient (Wildman–Crippen LogP) is 1.47. The summed E-state index contributed by atoms with van der Waals surface area (Å²) < 4.78 is 26.0. The van der Waals surface area contributed by atoms with Crippen molar-refractivity contribution in [1.29, 1.82) is 0 Å². The maximum Gasteiger partial charge on any atom is 0.239 e. The number of hydrogen-bond acceptors (Lipinski definition) is 3. The van der Waals surface area contributed by atoms with Crippen molar-refractivity contribution in [3.63, 3.8) is 0 Å². The molecule has 6 heteroatoms. The molecule has 0 aliphatic carbocycles. The SMILES string of the molecule is CC1CNCCN(c2cccc(Cl)c2)S1(=O)=O. The van der Waals surface area contributed by atoms with Crippen molar-refractivity contribution in [2.24, 2.45) is 0 Å². The lowest BCUT2D eigenvalue weighted by atomic mass is 10.3. The van der Waals surface area contributed by atoms with Crippen molar-refractivity contribution in [2.75, 3.05) is 23.9 Å². The highest BCUT2D eigenvalue weighted by molar-refractivity contribution is 7.93. The number of anilines is 1. The minimum absolute atomic E-state index is 0.427. The van der Waals surface area contributed by atoms with E-state index < -0.39 is 15.3 Å². The van der Waals surface area contributed by atoms with E-state index in [4.69, 9.17) is 11.6 Å². The van der Waals surface area contributed by atoms with Crippen LogP contribution in [0.4, 0.5) is 5.69 Å². The highest BCUT2D eigenvalue weighted by Gasteiger charge is 2.30. The van der Waals surface area contributed by atoms with Gasteiger partial charge in [-0.05, 0) is 25.1 Å². The van der Waals surface area contributed by atoms with Gasteiger partial charge in [0.25, 0.3) is 0 Å². The molecule has 1 aliphatic rings. The molecular formula is C11H15ClN2O2S. The van der Waals surface area contributed by atoms with Gasteiger partial charge in [-0.1, -0.05) is 17.7 Å². The van der Waals surface area contributed by atoms with Crippen molar-refractivity contribution in [1.82, 2.24) is 5.32 Å². The molecule has 1 aromatic carbocycles. The molecule has 0 aromatic heterocycles. The molecule has 94 valence electrons. The molecule has 2 rings (SSSR count). The number of nitrogens with one attached hydrogen (secondary N) is 1. The third-order valence-corrected chi connectivity index (χ3v) is 5.26. The Labute approximate surface area is 107 Å². The molecule has 1 heterocycles. The number of rotatable bonds is 1. The Morgan fingerprint density at radius 1 is 1.47 bits per heavy atom. The van der Waals surface area contributed by atoms with Crippen LogP contribution in [-0.2, 0) is 10.0 Å². The zero-order chi connectivity index (χ0) is 12.5. The summed E-state index contributed by atoms with van der Waals surface area (Å²) in [5, 5.41) is 3.23. The van der Waals surface area contributed by atoms with Crippen LogP contribution in [0.1, 0.15) is 6.92 Å². The predicted molar refractivity (Wildman–Crippen MR) is 70.0 cm³/mol. The van der Waals surface area contributed by atoms with Crippen LogP contribution in [0.5, 0.6) is 0 Å². The number of sulfonamides is 1. The van der Waals surface area contributed by atoms with E-state index in [1.807, 2.05) is 0 Å². The molecule has 0 bridgehead atoms. The molecule has 1 aromatic rings. The minimum atomic E-state index is -3.30. The topological polar surface area (TPSA) is 49.4 Å². The average molecular weight is 275 g/mol. The van der Waals surface area contributed by atoms with Crippen LogP contribution < -0.4 is 9.62 Å². The number of halogens is 1. The standard InChI is InChI=1S/C11H15ClN2O2S/c1-9-8-13-5-6-14(17(9,15)16)11-4-2-3-10(12)7-11/h2-4,7,9,13H,5-6,8H2,1H3. The Bertz CT molecular complexity index is 504. The first-order chi connectivity index (χ1) is 8.01. The average Bonchev–Trinajstić information content (AvgIpc) is 2.39. The van der Waals surface area contributed by atoms with Gasteiger partial charge in [0.15, 0.2) is 0 Å². The second kappa shape index (κ2) is 4.84. The van der Waals surface area contributed by atoms with Gasteiger partial charge in [0.2, 0.25) is 10.0 Å². The number of hydrogen-bond donors (Lipinski definition) is 1. The zero-order valence-corrected chi connectivity index (χ0v) is 11.1. The van der Waals surface area contributed by atoms with E-state index in [0.717, 1.165) is 0 Å². The molecule has 1 saturated heterocycles. The monoisotopic (exact) mass is 274 g/mol. The second-order valence-corrected chi connectivity index (χ2v) is 6.82. The van der Waals surface area contributed by atoms with Gasteiger partial charge in [0.05, 0.1) is 10.9 Å². The Morgan fingerprint density at radius 3 is 2.94 bits per heavy atom. The van der Waals surface area contributed by atoms with Crippen LogP contribution in [0.2, 0.25) is 5.02 Å². The highest BCUT2D eigenvalue weighted by atomic mass is 35.5. The number of benzene rings is 1. The van der Waals surface area contributed by atoms with Gasteiger partial charge >= 0.3 is 0 Å². The summed E-state index contributed by atoms with van der Waals surface area (Å²) in [4.78, 5) is 0. The molecule has 17 heavy (non-hydrogen) atoms. The van der Waals surface area contributed by atoms with Gasteiger partial charge in [-0.25, -0.2) is 8.42 Å². The van der Waals surface area contributed by atoms with Gasteiger partial charge in [-0.3, -0.25) is 4.31 Å². The van der Waals surface area contributed by atoms with Gasteiger partial charge in [0, 0.05) is 24.7 Å². The minimum Gasteiger partial charge on any atom is -0.314 e. The van der Waals surface area contributed by atoms with E-state index in [9.17, 15) is 8.42 Å². The van der Waals surface area contributed by atoms with Crippen LogP contribution in [0, 0.1) is 0 Å². The molecule has 1 atom stereocenters. The first-order valence-corrected chi connectivity index (χ1v) is 7.38. The fraction of sp³-hybridized carbons (Fsp3) is 0.455. The normalized spacial score (nSPS) is 24.4. The van der Waals surface area contributed by atoms with E-state index >= 15 is 0 Å². The van der Waals surface area contributed by atoms with E-state index in [2.05, 4.69) is 5.32 Å². The maximum absolute atomic E-state index is 12.3. The van der Waals surface area contributed by atoms with Gasteiger partial charge in [-0.2, -0.15) is 0 Å². The third kappa shape index (κ3) is 2.56. The van der Waals surface area contributed by atoms with Crippen molar-refractivity contribution in [2.45, 2.75) is 12.2 Å². The van der Waals surface area contributed by atoms with E-state index in [1.165, 1.54) is 4.31 Å². The van der Waals surface area contributed by atoms with E-state index in [1.54, 1.807) is 31.2 Å². The van der Waals surface area contributed by atoms with Crippen molar-refractivity contribution in [3.05, 3.63) is 29.3 Å². The molecular weight excluding hydrogens is 260 g/mol. The molecule has 1 N–H and O–H groups in total. The Morgan fingerprint density at radius 2 is 2.24 bits per heavy atom. The first kappa shape index (κ1) is 12.7. The summed E-state index contributed by atoms with van der Waals surface area (Å²) in [5.74, 6) is 0. The summed E-state index contributed by atoms with van der Waals surface area (Å²) in [7, 11) is -3.30. The zero-order valence-electron chi connectivity index (χ0n) is 9.56. The Kier molecular flexibility index (Phi) is 3.61. The summed E-state index contributed by atoms with van der Waals surface area (Å²) >= 11 is 5.90. The second-order valence-electron chi connectivity index (χ2n) is 4.11. The van der Waals surface area contributed by atoms with Crippen LogP contribution in [0.3, 0.4) is 0 Å². The highest BCUT2D eigenvalue weighted by Crippen LogP contribution is 2.24. The largest absolute Gasteiger partial charge is 0.314 e. The lowest BCUT2D eigenvalue weighted by Gasteiger charge is -2.24. The molecule has 0 spiro atoms. The fourth-order valence-corrected chi connectivity index (χ4v) is 3.54. The van der Waals surface area contributed by atoms with Crippen molar-refractivity contribution >= 4 is 27.3 Å². The summed E-state index contributed by atoms with van der Waals surface area (Å²) in [5.41, 5.74) is 0.632.